The smallest absolute Gasteiger partial charge is 0.267 e. The van der Waals surface area contributed by atoms with Gasteiger partial charge < -0.3 is 10.1 Å². The molecule has 34 heavy (non-hydrogen) atoms. The highest BCUT2D eigenvalue weighted by Crippen LogP contribution is 2.33. The van der Waals surface area contributed by atoms with E-state index in [4.69, 9.17) is 21.9 Å². The summed E-state index contributed by atoms with van der Waals surface area (Å²) in [5.41, 5.74) is 3.79. The van der Waals surface area contributed by atoms with Crippen molar-refractivity contribution in [3.63, 3.8) is 0 Å². The predicted molar refractivity (Wildman–Crippen MR) is 141 cm³/mol. The van der Waals surface area contributed by atoms with Crippen molar-refractivity contribution in [2.75, 3.05) is 25.6 Å². The van der Waals surface area contributed by atoms with Crippen molar-refractivity contribution in [2.24, 2.45) is 0 Å². The van der Waals surface area contributed by atoms with E-state index in [1.807, 2.05) is 50.2 Å². The fourth-order valence-electron chi connectivity index (χ4n) is 3.61. The molecule has 1 aromatic carbocycles. The Bertz CT molecular complexity index is 1330. The first-order chi connectivity index (χ1) is 16.4. The first-order valence-electron chi connectivity index (χ1n) is 10.9. The molecule has 9 heteroatoms. The Morgan fingerprint density at radius 3 is 2.59 bits per heavy atom. The minimum Gasteiger partial charge on any atom is -0.385 e. The van der Waals surface area contributed by atoms with Crippen molar-refractivity contribution in [3.8, 4) is 0 Å². The van der Waals surface area contributed by atoms with Crippen LogP contribution >= 0.6 is 24.0 Å². The molecule has 4 rings (SSSR count). The molecule has 0 unspecified atom stereocenters. The largest absolute Gasteiger partial charge is 0.385 e. The van der Waals surface area contributed by atoms with E-state index in [0.717, 1.165) is 11.1 Å². The third-order valence-corrected chi connectivity index (χ3v) is 6.84. The van der Waals surface area contributed by atoms with Crippen LogP contribution in [0.15, 0.2) is 52.3 Å². The van der Waals surface area contributed by atoms with Gasteiger partial charge in [-0.05, 0) is 43.5 Å². The predicted octanol–water partition coefficient (Wildman–Crippen LogP) is 4.16. The molecule has 0 radical (unpaired) electrons. The zero-order chi connectivity index (χ0) is 24.2. The number of aromatic nitrogens is 2. The van der Waals surface area contributed by atoms with Crippen molar-refractivity contribution >= 4 is 51.7 Å². The summed E-state index contributed by atoms with van der Waals surface area (Å²) in [4.78, 5) is 33.2. The number of thiocarbonyl (C=S) groups is 1. The first kappa shape index (κ1) is 24.1. The molecule has 0 aliphatic carbocycles. The maximum atomic E-state index is 13.5. The summed E-state index contributed by atoms with van der Waals surface area (Å²) in [7, 11) is 1.62. The lowest BCUT2D eigenvalue weighted by atomic mass is 10.1. The maximum absolute atomic E-state index is 13.5. The lowest BCUT2D eigenvalue weighted by Crippen LogP contribution is -2.29. The van der Waals surface area contributed by atoms with Gasteiger partial charge in [-0.15, -0.1) is 0 Å². The fraction of sp³-hybridized carbons (Fsp3) is 0.280. The van der Waals surface area contributed by atoms with Gasteiger partial charge in [0, 0.05) is 33.0 Å². The molecule has 3 heterocycles. The van der Waals surface area contributed by atoms with E-state index in [-0.39, 0.29) is 11.5 Å². The summed E-state index contributed by atoms with van der Waals surface area (Å²) in [6.45, 7) is 5.46. The number of rotatable bonds is 8. The number of nitrogens with zero attached hydrogens (tertiary/aromatic N) is 3. The number of benzene rings is 1. The second-order valence-electron chi connectivity index (χ2n) is 8.13. The summed E-state index contributed by atoms with van der Waals surface area (Å²) in [6.07, 6.45) is 4.04. The van der Waals surface area contributed by atoms with Crippen molar-refractivity contribution in [2.45, 2.75) is 26.8 Å². The number of amides is 1. The molecule has 0 saturated carbocycles. The van der Waals surface area contributed by atoms with Gasteiger partial charge in [0.05, 0.1) is 10.5 Å². The highest BCUT2D eigenvalue weighted by molar-refractivity contribution is 8.26. The van der Waals surface area contributed by atoms with E-state index in [9.17, 15) is 9.59 Å². The van der Waals surface area contributed by atoms with Gasteiger partial charge in [-0.2, -0.15) is 0 Å². The summed E-state index contributed by atoms with van der Waals surface area (Å²) in [6, 6.07) is 11.9. The molecule has 1 aliphatic rings. The number of hydrogen-bond donors (Lipinski definition) is 1. The number of fused-ring (bicyclic) bond motifs is 1. The summed E-state index contributed by atoms with van der Waals surface area (Å²) >= 11 is 6.62. The SMILES string of the molecule is COCCCN1C(=O)/C(=C/c2c(NCc3ccc(C)cc3)nc3ccc(C)cn3c2=O)SC1=S. The molecule has 0 spiro atoms. The van der Waals surface area contributed by atoms with Crippen LogP contribution in [0.3, 0.4) is 0 Å². The summed E-state index contributed by atoms with van der Waals surface area (Å²) < 4.78 is 7.07. The normalized spacial score (nSPS) is 15.0. The quantitative estimate of drug-likeness (QED) is 0.286. The Kier molecular flexibility index (Phi) is 7.45. The standard InChI is InChI=1S/C25H26N4O3S2/c1-16-5-8-18(9-6-16)14-26-22-19(23(30)29-15-17(2)7-10-21(29)27-22)13-20-24(31)28(25(33)34-20)11-4-12-32-3/h5-10,13,15,26H,4,11-12,14H2,1-3H3/b20-13-. The average molecular weight is 495 g/mol. The Balaban J connectivity index is 1.72. The second-order valence-corrected chi connectivity index (χ2v) is 9.81. The molecule has 2 aromatic heterocycles. The molecule has 0 atom stereocenters. The van der Waals surface area contributed by atoms with Crippen LogP contribution in [-0.2, 0) is 16.1 Å². The van der Waals surface area contributed by atoms with Gasteiger partial charge in [0.25, 0.3) is 11.5 Å². The van der Waals surface area contributed by atoms with E-state index >= 15 is 0 Å². The van der Waals surface area contributed by atoms with Crippen LogP contribution in [0, 0.1) is 13.8 Å². The lowest BCUT2D eigenvalue weighted by molar-refractivity contribution is -0.122. The Morgan fingerprint density at radius 1 is 1.12 bits per heavy atom. The minimum absolute atomic E-state index is 0.204. The highest BCUT2D eigenvalue weighted by atomic mass is 32.2. The fourth-order valence-corrected chi connectivity index (χ4v) is 4.90. The van der Waals surface area contributed by atoms with Crippen LogP contribution in [0.25, 0.3) is 11.7 Å². The summed E-state index contributed by atoms with van der Waals surface area (Å²) in [5, 5.41) is 3.30. The van der Waals surface area contributed by atoms with Crippen molar-refractivity contribution < 1.29 is 9.53 Å². The molecule has 1 amide bonds. The molecule has 7 nitrogen and oxygen atoms in total. The van der Waals surface area contributed by atoms with Crippen LogP contribution in [-0.4, -0.2) is 44.8 Å². The van der Waals surface area contributed by atoms with Gasteiger partial charge in [0.1, 0.15) is 15.8 Å². The number of aryl methyl sites for hydroxylation is 2. The van der Waals surface area contributed by atoms with Crippen molar-refractivity contribution in [1.29, 1.82) is 0 Å². The van der Waals surface area contributed by atoms with Gasteiger partial charge in [-0.3, -0.25) is 18.9 Å². The van der Waals surface area contributed by atoms with Crippen LogP contribution < -0.4 is 10.9 Å². The Morgan fingerprint density at radius 2 is 1.85 bits per heavy atom. The molecule has 1 fully saturated rings. The molecule has 1 aliphatic heterocycles. The van der Waals surface area contributed by atoms with E-state index in [1.54, 1.807) is 24.3 Å². The molecular formula is C25H26N4O3S2. The number of hydrogen-bond acceptors (Lipinski definition) is 7. The maximum Gasteiger partial charge on any atom is 0.267 e. The molecule has 176 valence electrons. The Labute approximate surface area is 207 Å². The molecule has 3 aromatic rings. The Hall–Kier alpha value is -3.01. The van der Waals surface area contributed by atoms with Crippen LogP contribution in [0.4, 0.5) is 5.82 Å². The number of nitrogens with one attached hydrogen (secondary N) is 1. The van der Waals surface area contributed by atoms with Crippen molar-refractivity contribution in [3.05, 3.63) is 80.1 Å². The molecule has 1 saturated heterocycles. The minimum atomic E-state index is -0.246. The topological polar surface area (TPSA) is 75.9 Å². The highest BCUT2D eigenvalue weighted by Gasteiger charge is 2.32. The van der Waals surface area contributed by atoms with Gasteiger partial charge in [0.15, 0.2) is 0 Å². The number of methoxy groups -OCH3 is 1. The summed E-state index contributed by atoms with van der Waals surface area (Å²) in [5.74, 6) is 0.225. The molecule has 1 N–H and O–H groups in total. The second kappa shape index (κ2) is 10.5. The van der Waals surface area contributed by atoms with E-state index in [2.05, 4.69) is 5.32 Å². The van der Waals surface area contributed by atoms with E-state index < -0.39 is 0 Å². The monoisotopic (exact) mass is 494 g/mol. The van der Waals surface area contributed by atoms with Crippen LogP contribution in [0.2, 0.25) is 0 Å². The van der Waals surface area contributed by atoms with Crippen molar-refractivity contribution in [1.82, 2.24) is 14.3 Å². The van der Waals surface area contributed by atoms with Gasteiger partial charge in [0.2, 0.25) is 0 Å². The van der Waals surface area contributed by atoms with Gasteiger partial charge in [-0.1, -0.05) is 59.9 Å². The third-order valence-electron chi connectivity index (χ3n) is 5.47. The van der Waals surface area contributed by atoms with E-state index in [0.29, 0.717) is 52.4 Å². The number of pyridine rings is 1. The number of ether oxygens (including phenoxy) is 1. The van der Waals surface area contributed by atoms with Crippen LogP contribution in [0.5, 0.6) is 0 Å². The zero-order valence-corrected chi connectivity index (χ0v) is 21.0. The number of carbonyl (C=O) groups is 1. The lowest BCUT2D eigenvalue weighted by Gasteiger charge is -2.14. The number of thioether (sulfide) groups is 1. The molecular weight excluding hydrogens is 468 g/mol. The van der Waals surface area contributed by atoms with Gasteiger partial charge >= 0.3 is 0 Å². The van der Waals surface area contributed by atoms with E-state index in [1.165, 1.54) is 21.7 Å². The zero-order valence-electron chi connectivity index (χ0n) is 19.3. The number of anilines is 1. The average Bonchev–Trinajstić information content (AvgIpc) is 3.08. The van der Waals surface area contributed by atoms with Gasteiger partial charge in [-0.25, -0.2) is 4.98 Å². The first-order valence-corrected chi connectivity index (χ1v) is 12.2. The molecule has 0 bridgehead atoms. The third kappa shape index (κ3) is 5.22. The number of carbonyl (C=O) groups excluding carboxylic acids is 1. The van der Waals surface area contributed by atoms with Crippen LogP contribution in [0.1, 0.15) is 28.7 Å².